The highest BCUT2D eigenvalue weighted by atomic mass is 32.2. The Hall–Kier alpha value is -2.84. The molecule has 1 saturated heterocycles. The fourth-order valence-electron chi connectivity index (χ4n) is 3.44. The number of anilines is 1. The lowest BCUT2D eigenvalue weighted by molar-refractivity contribution is -0.111. The number of rotatable bonds is 8. The van der Waals surface area contributed by atoms with Gasteiger partial charge in [0.25, 0.3) is 0 Å². The lowest BCUT2D eigenvalue weighted by Crippen LogP contribution is -2.35. The van der Waals surface area contributed by atoms with Crippen molar-refractivity contribution in [2.75, 3.05) is 32.1 Å². The van der Waals surface area contributed by atoms with Gasteiger partial charge in [-0.1, -0.05) is 24.6 Å². The number of amides is 1. The van der Waals surface area contributed by atoms with Gasteiger partial charge in [-0.05, 0) is 55.7 Å². The minimum absolute atomic E-state index is 0.112. The fraction of sp³-hybridized carbons (Fsp3) is 0.348. The normalized spacial score (nSPS) is 15.0. The van der Waals surface area contributed by atoms with Crippen LogP contribution in [-0.4, -0.2) is 45.4 Å². The number of benzene rings is 2. The van der Waals surface area contributed by atoms with E-state index in [0.717, 1.165) is 19.3 Å². The van der Waals surface area contributed by atoms with Crippen LogP contribution in [0.4, 0.5) is 5.69 Å². The molecule has 1 fully saturated rings. The van der Waals surface area contributed by atoms with Gasteiger partial charge in [0.1, 0.15) is 16.4 Å². The van der Waals surface area contributed by atoms with Crippen molar-refractivity contribution in [1.82, 2.24) is 4.31 Å². The van der Waals surface area contributed by atoms with Crippen molar-refractivity contribution in [1.29, 1.82) is 0 Å². The number of nitrogens with one attached hydrogen (secondary N) is 1. The fourth-order valence-corrected chi connectivity index (χ4v) is 5.15. The summed E-state index contributed by atoms with van der Waals surface area (Å²) in [6, 6.07) is 12.0. The molecule has 0 radical (unpaired) electrons. The van der Waals surface area contributed by atoms with Gasteiger partial charge in [-0.3, -0.25) is 4.79 Å². The largest absolute Gasteiger partial charge is 0.495 e. The molecule has 0 unspecified atom stereocenters. The second-order valence-electron chi connectivity index (χ2n) is 7.13. The first-order chi connectivity index (χ1) is 15.0. The second-order valence-corrected chi connectivity index (χ2v) is 9.03. The molecule has 2 aromatic rings. The van der Waals surface area contributed by atoms with E-state index in [1.165, 1.54) is 17.5 Å². The van der Waals surface area contributed by atoms with E-state index >= 15 is 0 Å². The van der Waals surface area contributed by atoms with E-state index in [1.807, 2.05) is 19.1 Å². The maximum absolute atomic E-state index is 13.1. The lowest BCUT2D eigenvalue weighted by atomic mass is 10.2. The average Bonchev–Trinajstić information content (AvgIpc) is 2.79. The highest BCUT2D eigenvalue weighted by Gasteiger charge is 2.29. The number of ether oxygens (including phenoxy) is 2. The molecule has 1 amide bonds. The molecule has 3 rings (SSSR count). The zero-order valence-corrected chi connectivity index (χ0v) is 18.7. The molecule has 166 valence electrons. The molecule has 0 bridgehead atoms. The molecule has 1 aliphatic heterocycles. The number of piperidine rings is 1. The predicted molar refractivity (Wildman–Crippen MR) is 121 cm³/mol. The van der Waals surface area contributed by atoms with Gasteiger partial charge in [0.05, 0.1) is 19.4 Å². The molecule has 0 saturated carbocycles. The SMILES string of the molecule is CCOc1ccccc1NC(=O)C=Cc1ccc(OC)c(S(=O)(=O)N2CCCCC2)c1. The van der Waals surface area contributed by atoms with E-state index in [9.17, 15) is 13.2 Å². The van der Waals surface area contributed by atoms with Crippen molar-refractivity contribution in [3.05, 3.63) is 54.1 Å². The Bertz CT molecular complexity index is 1040. The first kappa shape index (κ1) is 22.8. The quantitative estimate of drug-likeness (QED) is 0.624. The third kappa shape index (κ3) is 5.65. The highest BCUT2D eigenvalue weighted by molar-refractivity contribution is 7.89. The number of nitrogens with zero attached hydrogens (tertiary/aromatic N) is 1. The summed E-state index contributed by atoms with van der Waals surface area (Å²) in [5, 5.41) is 2.78. The van der Waals surface area contributed by atoms with Gasteiger partial charge in [-0.25, -0.2) is 8.42 Å². The van der Waals surface area contributed by atoms with Crippen molar-refractivity contribution in [2.45, 2.75) is 31.1 Å². The number of hydrogen-bond acceptors (Lipinski definition) is 5. The Morgan fingerprint density at radius 1 is 1.10 bits per heavy atom. The van der Waals surface area contributed by atoms with Gasteiger partial charge >= 0.3 is 0 Å². The standard InChI is InChI=1S/C23H28N2O5S/c1-3-30-20-10-6-5-9-19(20)24-23(26)14-12-18-11-13-21(29-2)22(17-18)31(27,28)25-15-7-4-8-16-25/h5-6,9-14,17H,3-4,7-8,15-16H2,1-2H3,(H,24,26). The molecule has 0 spiro atoms. The van der Waals surface area contributed by atoms with E-state index < -0.39 is 10.0 Å². The molecule has 8 heteroatoms. The summed E-state index contributed by atoms with van der Waals surface area (Å²) in [6.45, 7) is 3.38. The van der Waals surface area contributed by atoms with Crippen LogP contribution in [0.1, 0.15) is 31.7 Å². The van der Waals surface area contributed by atoms with Crippen LogP contribution in [0.15, 0.2) is 53.4 Å². The third-order valence-electron chi connectivity index (χ3n) is 4.99. The van der Waals surface area contributed by atoms with Crippen LogP contribution in [0.25, 0.3) is 6.08 Å². The predicted octanol–water partition coefficient (Wildman–Crippen LogP) is 3.92. The molecular formula is C23H28N2O5S. The van der Waals surface area contributed by atoms with E-state index in [1.54, 1.807) is 36.4 Å². The van der Waals surface area contributed by atoms with Gasteiger partial charge in [0.15, 0.2) is 0 Å². The first-order valence-corrected chi connectivity index (χ1v) is 11.8. The maximum atomic E-state index is 13.1. The van der Waals surface area contributed by atoms with Crippen LogP contribution in [0.5, 0.6) is 11.5 Å². The molecule has 7 nitrogen and oxygen atoms in total. The average molecular weight is 445 g/mol. The zero-order valence-electron chi connectivity index (χ0n) is 17.8. The Morgan fingerprint density at radius 3 is 2.55 bits per heavy atom. The van der Waals surface area contributed by atoms with E-state index in [4.69, 9.17) is 9.47 Å². The molecule has 1 heterocycles. The number of para-hydroxylation sites is 2. The van der Waals surface area contributed by atoms with E-state index in [0.29, 0.717) is 36.7 Å². The number of methoxy groups -OCH3 is 1. The molecule has 31 heavy (non-hydrogen) atoms. The minimum Gasteiger partial charge on any atom is -0.495 e. The number of carbonyl (C=O) groups excluding carboxylic acids is 1. The van der Waals surface area contributed by atoms with Gasteiger partial charge in [-0.2, -0.15) is 4.31 Å². The molecule has 0 atom stereocenters. The molecular weight excluding hydrogens is 416 g/mol. The maximum Gasteiger partial charge on any atom is 0.248 e. The number of sulfonamides is 1. The monoisotopic (exact) mass is 444 g/mol. The molecule has 0 aromatic heterocycles. The first-order valence-electron chi connectivity index (χ1n) is 10.3. The highest BCUT2D eigenvalue weighted by Crippen LogP contribution is 2.30. The second kappa shape index (κ2) is 10.5. The van der Waals surface area contributed by atoms with Crippen molar-refractivity contribution >= 4 is 27.7 Å². The molecule has 0 aliphatic carbocycles. The van der Waals surface area contributed by atoms with Gasteiger partial charge in [-0.15, -0.1) is 0 Å². The number of hydrogen-bond donors (Lipinski definition) is 1. The molecule has 2 aromatic carbocycles. The van der Waals surface area contributed by atoms with Gasteiger partial charge in [0.2, 0.25) is 15.9 Å². The summed E-state index contributed by atoms with van der Waals surface area (Å²) >= 11 is 0. The third-order valence-corrected chi connectivity index (χ3v) is 6.91. The summed E-state index contributed by atoms with van der Waals surface area (Å²) in [6.07, 6.45) is 5.68. The van der Waals surface area contributed by atoms with E-state index in [-0.39, 0.29) is 16.6 Å². The van der Waals surface area contributed by atoms with Gasteiger partial charge < -0.3 is 14.8 Å². The van der Waals surface area contributed by atoms with Crippen LogP contribution >= 0.6 is 0 Å². The van der Waals surface area contributed by atoms with Crippen LogP contribution in [-0.2, 0) is 14.8 Å². The van der Waals surface area contributed by atoms with Crippen molar-refractivity contribution < 1.29 is 22.7 Å². The zero-order chi connectivity index (χ0) is 22.3. The number of carbonyl (C=O) groups is 1. The summed E-state index contributed by atoms with van der Waals surface area (Å²) in [7, 11) is -2.22. The summed E-state index contributed by atoms with van der Waals surface area (Å²) in [5.41, 5.74) is 1.16. The Balaban J connectivity index is 1.80. The Kier molecular flexibility index (Phi) is 7.70. The van der Waals surface area contributed by atoms with Crippen molar-refractivity contribution in [2.24, 2.45) is 0 Å². The Labute approximate surface area is 183 Å². The van der Waals surface area contributed by atoms with Crippen LogP contribution in [0.3, 0.4) is 0 Å². The summed E-state index contributed by atoms with van der Waals surface area (Å²) in [5.74, 6) is 0.535. The lowest BCUT2D eigenvalue weighted by Gasteiger charge is -2.26. The topological polar surface area (TPSA) is 84.9 Å². The van der Waals surface area contributed by atoms with Crippen LogP contribution in [0.2, 0.25) is 0 Å². The summed E-state index contributed by atoms with van der Waals surface area (Å²) < 4.78 is 38.6. The van der Waals surface area contributed by atoms with Crippen LogP contribution < -0.4 is 14.8 Å². The van der Waals surface area contributed by atoms with Crippen molar-refractivity contribution in [3.63, 3.8) is 0 Å². The Morgan fingerprint density at radius 2 is 1.84 bits per heavy atom. The minimum atomic E-state index is -3.67. The summed E-state index contributed by atoms with van der Waals surface area (Å²) in [4.78, 5) is 12.5. The van der Waals surface area contributed by atoms with Gasteiger partial charge in [0, 0.05) is 19.2 Å². The molecule has 1 aliphatic rings. The smallest absolute Gasteiger partial charge is 0.248 e. The van der Waals surface area contributed by atoms with Crippen molar-refractivity contribution in [3.8, 4) is 11.5 Å². The molecule has 1 N–H and O–H groups in total. The van der Waals surface area contributed by atoms with Crippen LogP contribution in [0, 0.1) is 0 Å². The van der Waals surface area contributed by atoms with E-state index in [2.05, 4.69) is 5.32 Å².